The van der Waals surface area contributed by atoms with Gasteiger partial charge in [-0.25, -0.2) is 12.8 Å². The lowest BCUT2D eigenvalue weighted by Gasteiger charge is -2.28. The molecule has 39 heavy (non-hydrogen) atoms. The van der Waals surface area contributed by atoms with Gasteiger partial charge in [0.2, 0.25) is 10.0 Å². The van der Waals surface area contributed by atoms with Gasteiger partial charge < -0.3 is 15.8 Å². The van der Waals surface area contributed by atoms with Crippen molar-refractivity contribution in [3.05, 3.63) is 87.0 Å². The maximum Gasteiger partial charge on any atom is 0.265 e. The number of benzene rings is 3. The third-order valence-electron chi connectivity index (χ3n) is 5.91. The highest BCUT2D eigenvalue weighted by Crippen LogP contribution is 2.38. The smallest absolute Gasteiger partial charge is 0.265 e. The number of carbonyl (C=O) groups is 2. The predicted octanol–water partition coefficient (Wildman–Crippen LogP) is 5.62. The van der Waals surface area contributed by atoms with Gasteiger partial charge in [0, 0.05) is 31.5 Å². The minimum absolute atomic E-state index is 0.307. The maximum absolute atomic E-state index is 14.9. The second-order valence-electron chi connectivity index (χ2n) is 9.44. The van der Waals surface area contributed by atoms with Gasteiger partial charge in [-0.05, 0) is 71.6 Å². The van der Waals surface area contributed by atoms with Gasteiger partial charge in [-0.15, -0.1) is 11.3 Å². The Bertz CT molecular complexity index is 1700. The summed E-state index contributed by atoms with van der Waals surface area (Å²) >= 11 is 4.76. The Labute approximate surface area is 237 Å². The molecule has 0 aliphatic rings. The van der Waals surface area contributed by atoms with Crippen molar-refractivity contribution in [2.45, 2.75) is 19.3 Å². The Hall–Kier alpha value is -3.48. The van der Waals surface area contributed by atoms with E-state index in [1.54, 1.807) is 36.4 Å². The number of halogens is 2. The SMILES string of the molecule is CC(C)(c1cc(Br)cc(NC(=O)c2cc3cc(NS(C)(=O)=O)ccc3s2)c1)c1cc(OCC(N)=O)ccc1F. The van der Waals surface area contributed by atoms with Gasteiger partial charge in [-0.3, -0.25) is 14.3 Å². The number of rotatable bonds is 9. The molecule has 0 radical (unpaired) electrons. The molecule has 0 atom stereocenters. The van der Waals surface area contributed by atoms with Crippen LogP contribution in [0.3, 0.4) is 0 Å². The predicted molar refractivity (Wildman–Crippen MR) is 156 cm³/mol. The van der Waals surface area contributed by atoms with Crippen LogP contribution in [0.5, 0.6) is 5.75 Å². The van der Waals surface area contributed by atoms with E-state index in [0.29, 0.717) is 37.6 Å². The van der Waals surface area contributed by atoms with Gasteiger partial charge in [-0.2, -0.15) is 0 Å². The number of sulfonamides is 1. The number of fused-ring (bicyclic) bond motifs is 1. The normalized spacial score (nSPS) is 11.8. The number of anilines is 2. The molecule has 4 N–H and O–H groups in total. The molecular weight excluding hydrogens is 609 g/mol. The van der Waals surface area contributed by atoms with E-state index in [2.05, 4.69) is 26.0 Å². The summed E-state index contributed by atoms with van der Waals surface area (Å²) in [5.74, 6) is -1.13. The number of ether oxygens (including phenoxy) is 1. The van der Waals surface area contributed by atoms with E-state index in [4.69, 9.17) is 10.5 Å². The van der Waals surface area contributed by atoms with Crippen molar-refractivity contribution in [3.63, 3.8) is 0 Å². The first-order valence-electron chi connectivity index (χ1n) is 11.6. The largest absolute Gasteiger partial charge is 0.484 e. The zero-order valence-electron chi connectivity index (χ0n) is 21.2. The van der Waals surface area contributed by atoms with Crippen LogP contribution in [0.4, 0.5) is 15.8 Å². The first kappa shape index (κ1) is 28.5. The first-order chi connectivity index (χ1) is 18.2. The van der Waals surface area contributed by atoms with Crippen molar-refractivity contribution < 1.29 is 27.1 Å². The molecule has 1 aromatic heterocycles. The van der Waals surface area contributed by atoms with Crippen LogP contribution in [0.2, 0.25) is 0 Å². The summed E-state index contributed by atoms with van der Waals surface area (Å²) in [4.78, 5) is 24.6. The quantitative estimate of drug-likeness (QED) is 0.220. The molecule has 0 unspecified atom stereocenters. The second kappa shape index (κ2) is 10.9. The van der Waals surface area contributed by atoms with Crippen molar-refractivity contribution >= 4 is 70.6 Å². The molecule has 4 rings (SSSR count). The molecule has 0 aliphatic heterocycles. The van der Waals surface area contributed by atoms with E-state index in [9.17, 15) is 22.4 Å². The average molecular weight is 635 g/mol. The van der Waals surface area contributed by atoms with E-state index in [1.807, 2.05) is 19.9 Å². The third kappa shape index (κ3) is 6.94. The van der Waals surface area contributed by atoms with Gasteiger partial charge in [0.1, 0.15) is 11.6 Å². The van der Waals surface area contributed by atoms with Crippen LogP contribution in [0.1, 0.15) is 34.6 Å². The molecule has 8 nitrogen and oxygen atoms in total. The summed E-state index contributed by atoms with van der Waals surface area (Å²) in [5, 5.41) is 3.62. The minimum Gasteiger partial charge on any atom is -0.484 e. The molecule has 0 saturated heterocycles. The van der Waals surface area contributed by atoms with Crippen LogP contribution in [-0.2, 0) is 20.2 Å². The molecule has 12 heteroatoms. The van der Waals surface area contributed by atoms with E-state index in [0.717, 1.165) is 16.3 Å². The second-order valence-corrected chi connectivity index (χ2v) is 13.2. The van der Waals surface area contributed by atoms with Gasteiger partial charge in [-0.1, -0.05) is 29.8 Å². The molecule has 2 amide bonds. The van der Waals surface area contributed by atoms with Gasteiger partial charge in [0.05, 0.1) is 11.1 Å². The average Bonchev–Trinajstić information content (AvgIpc) is 3.25. The van der Waals surface area contributed by atoms with Gasteiger partial charge in [0.15, 0.2) is 6.61 Å². The molecule has 0 spiro atoms. The molecule has 0 saturated carbocycles. The van der Waals surface area contributed by atoms with Crippen molar-refractivity contribution in [2.75, 3.05) is 22.9 Å². The standard InChI is InChI=1S/C27H25BrFN3O5S2/c1-27(2,21-13-20(5-6-22(21)29)37-14-25(30)33)16-10-17(28)12-19(11-16)31-26(34)24-9-15-8-18(32-39(3,35)36)4-7-23(15)38-24/h4-13,32H,14H2,1-3H3,(H2,30,33)(H,31,34). The van der Waals surface area contributed by atoms with E-state index in [1.165, 1.54) is 29.5 Å². The lowest BCUT2D eigenvalue weighted by atomic mass is 9.77. The topological polar surface area (TPSA) is 128 Å². The number of hydrogen-bond acceptors (Lipinski definition) is 6. The van der Waals surface area contributed by atoms with Crippen molar-refractivity contribution in [2.24, 2.45) is 5.73 Å². The number of nitrogens with one attached hydrogen (secondary N) is 2. The third-order valence-corrected chi connectivity index (χ3v) is 8.09. The molecule has 3 aromatic carbocycles. The fourth-order valence-electron chi connectivity index (χ4n) is 4.03. The molecule has 4 aromatic rings. The van der Waals surface area contributed by atoms with E-state index < -0.39 is 27.2 Å². The summed E-state index contributed by atoms with van der Waals surface area (Å²) in [7, 11) is -3.43. The highest BCUT2D eigenvalue weighted by atomic mass is 79.9. The van der Waals surface area contributed by atoms with Crippen molar-refractivity contribution in [1.29, 1.82) is 0 Å². The van der Waals surface area contributed by atoms with Crippen LogP contribution in [-0.4, -0.2) is 33.1 Å². The fraction of sp³-hybridized carbons (Fsp3) is 0.185. The highest BCUT2D eigenvalue weighted by molar-refractivity contribution is 9.10. The minimum atomic E-state index is -3.43. The van der Waals surface area contributed by atoms with Crippen LogP contribution in [0.15, 0.2) is 65.1 Å². The summed E-state index contributed by atoms with van der Waals surface area (Å²) < 4.78 is 47.3. The maximum atomic E-state index is 14.9. The zero-order valence-corrected chi connectivity index (χ0v) is 24.4. The lowest BCUT2D eigenvalue weighted by Crippen LogP contribution is -2.23. The number of carbonyl (C=O) groups excluding carboxylic acids is 2. The van der Waals surface area contributed by atoms with E-state index >= 15 is 0 Å². The lowest BCUT2D eigenvalue weighted by molar-refractivity contribution is -0.119. The molecule has 0 aliphatic carbocycles. The number of primary amides is 1. The molecule has 0 bridgehead atoms. The van der Waals surface area contributed by atoms with Crippen LogP contribution in [0, 0.1) is 5.82 Å². The fourth-order valence-corrected chi connectivity index (χ4v) is 6.02. The van der Waals surface area contributed by atoms with Crippen molar-refractivity contribution in [3.8, 4) is 5.75 Å². The Balaban J connectivity index is 1.60. The van der Waals surface area contributed by atoms with Crippen LogP contribution in [0.25, 0.3) is 10.1 Å². The summed E-state index contributed by atoms with van der Waals surface area (Å²) in [5.41, 5.74) is 6.26. The molecular formula is C27H25BrFN3O5S2. The highest BCUT2D eigenvalue weighted by Gasteiger charge is 2.28. The van der Waals surface area contributed by atoms with Crippen LogP contribution < -0.4 is 20.5 Å². The number of nitrogens with two attached hydrogens (primary N) is 1. The first-order valence-corrected chi connectivity index (χ1v) is 15.1. The monoisotopic (exact) mass is 633 g/mol. The van der Waals surface area contributed by atoms with Crippen molar-refractivity contribution in [1.82, 2.24) is 0 Å². The molecule has 1 heterocycles. The van der Waals surface area contributed by atoms with Gasteiger partial charge >= 0.3 is 0 Å². The van der Waals surface area contributed by atoms with Gasteiger partial charge in [0.25, 0.3) is 11.8 Å². The van der Waals surface area contributed by atoms with Crippen LogP contribution >= 0.6 is 27.3 Å². The Morgan fingerprint density at radius 1 is 1.05 bits per heavy atom. The summed E-state index contributed by atoms with van der Waals surface area (Å²) in [6.07, 6.45) is 1.07. The Morgan fingerprint density at radius 2 is 1.79 bits per heavy atom. The summed E-state index contributed by atoms with van der Waals surface area (Å²) in [6, 6.07) is 16.3. The molecule has 0 fully saturated rings. The Kier molecular flexibility index (Phi) is 8.01. The number of amides is 2. The van der Waals surface area contributed by atoms with E-state index in [-0.39, 0.29) is 12.5 Å². The number of hydrogen-bond donors (Lipinski definition) is 3. The molecule has 204 valence electrons. The summed E-state index contributed by atoms with van der Waals surface area (Å²) in [6.45, 7) is 3.35. The Morgan fingerprint density at radius 3 is 2.49 bits per heavy atom. The number of thiophene rings is 1. The zero-order chi connectivity index (χ0) is 28.5.